The van der Waals surface area contributed by atoms with Crippen LogP contribution in [0.5, 0.6) is 5.75 Å². The molecule has 2 aromatic carbocycles. The summed E-state index contributed by atoms with van der Waals surface area (Å²) in [6.45, 7) is 1.04. The molecule has 35 heavy (non-hydrogen) atoms. The number of fused-ring (bicyclic) bond motifs is 1. The Morgan fingerprint density at radius 2 is 1.86 bits per heavy atom. The van der Waals surface area contributed by atoms with Crippen molar-refractivity contribution in [1.29, 1.82) is 5.26 Å². The van der Waals surface area contributed by atoms with Gasteiger partial charge in [-0.1, -0.05) is 18.6 Å². The molecule has 3 atom stereocenters. The van der Waals surface area contributed by atoms with Gasteiger partial charge < -0.3 is 15.0 Å². The summed E-state index contributed by atoms with van der Waals surface area (Å²) >= 11 is 0. The highest BCUT2D eigenvalue weighted by Gasteiger charge is 2.39. The molecule has 0 spiro atoms. The molecule has 8 heteroatoms. The van der Waals surface area contributed by atoms with Crippen molar-refractivity contribution in [3.63, 3.8) is 0 Å². The van der Waals surface area contributed by atoms with Crippen molar-refractivity contribution in [3.8, 4) is 11.8 Å². The van der Waals surface area contributed by atoms with E-state index in [1.165, 1.54) is 0 Å². The van der Waals surface area contributed by atoms with Crippen LogP contribution >= 0.6 is 0 Å². The number of imide groups is 1. The molecule has 2 fully saturated rings. The Morgan fingerprint density at radius 3 is 2.63 bits per heavy atom. The first kappa shape index (κ1) is 23.1. The Kier molecular flexibility index (Phi) is 6.51. The molecular weight excluding hydrogens is 444 g/mol. The predicted octanol–water partition coefficient (Wildman–Crippen LogP) is 2.80. The van der Waals surface area contributed by atoms with Crippen molar-refractivity contribution in [2.45, 2.75) is 69.8 Å². The van der Waals surface area contributed by atoms with E-state index >= 15 is 0 Å². The summed E-state index contributed by atoms with van der Waals surface area (Å²) in [4.78, 5) is 38.2. The maximum absolute atomic E-state index is 12.9. The van der Waals surface area contributed by atoms with Gasteiger partial charge in [-0.2, -0.15) is 5.26 Å². The summed E-state index contributed by atoms with van der Waals surface area (Å²) in [6.07, 6.45) is 4.82. The maximum Gasteiger partial charge on any atom is 0.255 e. The van der Waals surface area contributed by atoms with Crippen LogP contribution in [0, 0.1) is 11.3 Å². The number of benzene rings is 2. The molecule has 180 valence electrons. The van der Waals surface area contributed by atoms with Crippen LogP contribution in [-0.2, 0) is 22.7 Å². The van der Waals surface area contributed by atoms with E-state index in [1.807, 2.05) is 36.4 Å². The molecule has 0 bridgehead atoms. The Balaban J connectivity index is 1.24. The lowest BCUT2D eigenvalue weighted by Gasteiger charge is -2.33. The quantitative estimate of drug-likeness (QED) is 0.626. The summed E-state index contributed by atoms with van der Waals surface area (Å²) in [5.41, 5.74) is 3.20. The van der Waals surface area contributed by atoms with E-state index in [9.17, 15) is 14.4 Å². The van der Waals surface area contributed by atoms with Crippen molar-refractivity contribution in [2.24, 2.45) is 0 Å². The number of nitrogens with zero attached hydrogens (tertiary/aromatic N) is 2. The second-order valence-electron chi connectivity index (χ2n) is 9.46. The molecule has 3 aliphatic rings. The molecule has 2 aromatic rings. The van der Waals surface area contributed by atoms with Crippen LogP contribution in [0.15, 0.2) is 42.5 Å². The molecule has 2 aliphatic heterocycles. The molecular formula is C27H28N4O4. The number of nitriles is 1. The summed E-state index contributed by atoms with van der Waals surface area (Å²) in [5.74, 6) is -0.155. The van der Waals surface area contributed by atoms with E-state index in [1.54, 1.807) is 11.0 Å². The smallest absolute Gasteiger partial charge is 0.255 e. The highest BCUT2D eigenvalue weighted by Crippen LogP contribution is 2.32. The summed E-state index contributed by atoms with van der Waals surface area (Å²) in [5, 5.41) is 14.9. The fraction of sp³-hybridized carbons (Fsp3) is 0.407. The van der Waals surface area contributed by atoms with Gasteiger partial charge >= 0.3 is 0 Å². The monoisotopic (exact) mass is 472 g/mol. The van der Waals surface area contributed by atoms with Crippen molar-refractivity contribution in [1.82, 2.24) is 15.5 Å². The van der Waals surface area contributed by atoms with E-state index in [4.69, 9.17) is 10.00 Å². The summed E-state index contributed by atoms with van der Waals surface area (Å²) < 4.78 is 6.41. The lowest BCUT2D eigenvalue weighted by molar-refractivity contribution is -0.136. The van der Waals surface area contributed by atoms with Crippen LogP contribution in [0.4, 0.5) is 0 Å². The average molecular weight is 473 g/mol. The maximum atomic E-state index is 12.9. The Morgan fingerprint density at radius 1 is 1.06 bits per heavy atom. The molecule has 0 aromatic heterocycles. The minimum absolute atomic E-state index is 0.0172. The number of ether oxygens (including phenoxy) is 1. The van der Waals surface area contributed by atoms with Gasteiger partial charge in [0.1, 0.15) is 17.9 Å². The van der Waals surface area contributed by atoms with Gasteiger partial charge in [-0.15, -0.1) is 0 Å². The van der Waals surface area contributed by atoms with Gasteiger partial charge in [0.05, 0.1) is 11.6 Å². The largest absolute Gasteiger partial charge is 0.489 e. The lowest BCUT2D eigenvalue weighted by atomic mass is 9.92. The Hall–Kier alpha value is -3.70. The van der Waals surface area contributed by atoms with E-state index in [0.717, 1.165) is 42.6 Å². The number of carbonyl (C=O) groups is 3. The lowest BCUT2D eigenvalue weighted by Crippen LogP contribution is -2.52. The number of hydrogen-bond donors (Lipinski definition) is 2. The normalized spacial score (nSPS) is 24.0. The van der Waals surface area contributed by atoms with Crippen molar-refractivity contribution in [3.05, 3.63) is 64.7 Å². The summed E-state index contributed by atoms with van der Waals surface area (Å²) in [7, 11) is 0. The predicted molar refractivity (Wildman–Crippen MR) is 127 cm³/mol. The zero-order valence-corrected chi connectivity index (χ0v) is 19.5. The second-order valence-corrected chi connectivity index (χ2v) is 9.46. The molecule has 1 unspecified atom stereocenters. The molecule has 1 saturated heterocycles. The Labute approximate surface area is 204 Å². The highest BCUT2D eigenvalue weighted by molar-refractivity contribution is 6.05. The van der Waals surface area contributed by atoms with Crippen LogP contribution in [0.3, 0.4) is 0 Å². The fourth-order valence-electron chi connectivity index (χ4n) is 5.22. The zero-order chi connectivity index (χ0) is 24.4. The van der Waals surface area contributed by atoms with Crippen LogP contribution in [0.25, 0.3) is 0 Å². The van der Waals surface area contributed by atoms with E-state index in [0.29, 0.717) is 30.6 Å². The molecule has 0 radical (unpaired) electrons. The van der Waals surface area contributed by atoms with E-state index in [2.05, 4.69) is 16.7 Å². The van der Waals surface area contributed by atoms with Crippen molar-refractivity contribution in [2.75, 3.05) is 0 Å². The SMILES string of the molecule is N#Cc1ccc(CN[C@H]2CCCC[C@H]2Oc2ccc3c(c2)CN(C2CCC(=O)NC2=O)C3=O)cc1. The van der Waals surface area contributed by atoms with Crippen LogP contribution in [0.1, 0.15) is 65.6 Å². The number of piperidine rings is 1. The van der Waals surface area contributed by atoms with E-state index < -0.39 is 11.9 Å². The number of nitrogens with one attached hydrogen (secondary N) is 2. The van der Waals surface area contributed by atoms with Crippen molar-refractivity contribution < 1.29 is 19.1 Å². The zero-order valence-electron chi connectivity index (χ0n) is 19.5. The van der Waals surface area contributed by atoms with Gasteiger partial charge in [-0.3, -0.25) is 19.7 Å². The van der Waals surface area contributed by atoms with Crippen LogP contribution < -0.4 is 15.4 Å². The van der Waals surface area contributed by atoms with Gasteiger partial charge in [0, 0.05) is 31.1 Å². The first-order valence-corrected chi connectivity index (χ1v) is 12.2. The van der Waals surface area contributed by atoms with Crippen LogP contribution in [0.2, 0.25) is 0 Å². The number of amides is 3. The van der Waals surface area contributed by atoms with Gasteiger partial charge in [-0.05, 0) is 67.1 Å². The van der Waals surface area contributed by atoms with E-state index in [-0.39, 0.29) is 30.4 Å². The Bertz CT molecular complexity index is 1190. The molecule has 8 nitrogen and oxygen atoms in total. The third-order valence-corrected chi connectivity index (χ3v) is 7.14. The standard InChI is InChI=1S/C27H28N4O4/c28-14-17-5-7-18(8-6-17)15-29-22-3-1-2-4-24(22)35-20-9-10-21-19(13-20)16-31(27(21)34)23-11-12-25(32)30-26(23)33/h5-10,13,22-24,29H,1-4,11-12,15-16H2,(H,30,32,33)/t22-,23?,24+/m0/s1. The molecule has 1 aliphatic carbocycles. The molecule has 1 saturated carbocycles. The van der Waals surface area contributed by atoms with Gasteiger partial charge in [-0.25, -0.2) is 0 Å². The number of hydrogen-bond acceptors (Lipinski definition) is 6. The minimum atomic E-state index is -0.619. The van der Waals surface area contributed by atoms with Crippen LogP contribution in [-0.4, -0.2) is 40.8 Å². The molecule has 2 N–H and O–H groups in total. The number of rotatable bonds is 6. The third-order valence-electron chi connectivity index (χ3n) is 7.14. The number of carbonyl (C=O) groups excluding carboxylic acids is 3. The molecule has 2 heterocycles. The highest BCUT2D eigenvalue weighted by atomic mass is 16.5. The topological polar surface area (TPSA) is 112 Å². The van der Waals surface area contributed by atoms with Gasteiger partial charge in [0.15, 0.2) is 0 Å². The first-order chi connectivity index (χ1) is 17.0. The summed E-state index contributed by atoms with van der Waals surface area (Å²) in [6, 6.07) is 14.8. The minimum Gasteiger partial charge on any atom is -0.489 e. The first-order valence-electron chi connectivity index (χ1n) is 12.2. The van der Waals surface area contributed by atoms with Crippen molar-refractivity contribution >= 4 is 17.7 Å². The molecule has 3 amide bonds. The third kappa shape index (κ3) is 4.91. The average Bonchev–Trinajstić information content (AvgIpc) is 3.19. The second kappa shape index (κ2) is 9.88. The molecule has 5 rings (SSSR count). The fourth-order valence-corrected chi connectivity index (χ4v) is 5.22. The van der Waals surface area contributed by atoms with Gasteiger partial charge in [0.25, 0.3) is 5.91 Å². The van der Waals surface area contributed by atoms with Gasteiger partial charge in [0.2, 0.25) is 11.8 Å².